The van der Waals surface area contributed by atoms with Gasteiger partial charge < -0.3 is 5.32 Å². The summed E-state index contributed by atoms with van der Waals surface area (Å²) in [5.74, 6) is 0.622. The number of fused-ring (bicyclic) bond motifs is 1. The fourth-order valence-electron chi connectivity index (χ4n) is 0.853. The van der Waals surface area contributed by atoms with E-state index in [0.717, 1.165) is 0 Å². The molecule has 11 heavy (non-hydrogen) atoms. The fourth-order valence-corrected chi connectivity index (χ4v) is 0.853. The summed E-state index contributed by atoms with van der Waals surface area (Å²) >= 11 is 0. The van der Waals surface area contributed by atoms with Crippen LogP contribution in [-0.2, 0) is 0 Å². The number of nitrogens with zero attached hydrogens (tertiary/aromatic N) is 4. The van der Waals surface area contributed by atoms with E-state index in [1.807, 2.05) is 0 Å². The molecule has 2 aromatic rings. The first-order valence-corrected chi connectivity index (χ1v) is 3.18. The van der Waals surface area contributed by atoms with Crippen molar-refractivity contribution in [1.29, 1.82) is 0 Å². The number of anilines is 1. The van der Waals surface area contributed by atoms with Gasteiger partial charge in [0.2, 0.25) is 5.95 Å². The average molecular weight is 148 g/mol. The van der Waals surface area contributed by atoms with E-state index in [4.69, 9.17) is 0 Å². The highest BCUT2D eigenvalue weighted by Gasteiger charge is 2.00. The summed E-state index contributed by atoms with van der Waals surface area (Å²) in [7, 11) is 1.77. The lowest BCUT2D eigenvalue weighted by Gasteiger charge is -1.92. The molecular formula is C6H6N5. The third-order valence-corrected chi connectivity index (χ3v) is 1.35. The molecule has 2 aromatic heterocycles. The quantitative estimate of drug-likeness (QED) is 0.616. The molecule has 0 spiro atoms. The van der Waals surface area contributed by atoms with E-state index in [0.29, 0.717) is 11.6 Å². The second-order valence-electron chi connectivity index (χ2n) is 2.01. The molecule has 0 atom stereocenters. The molecule has 0 unspecified atom stereocenters. The van der Waals surface area contributed by atoms with Crippen LogP contribution in [0.3, 0.4) is 0 Å². The van der Waals surface area contributed by atoms with E-state index in [1.165, 1.54) is 0 Å². The lowest BCUT2D eigenvalue weighted by atomic mass is 10.6. The van der Waals surface area contributed by atoms with Crippen LogP contribution in [0.15, 0.2) is 12.1 Å². The van der Waals surface area contributed by atoms with Gasteiger partial charge in [0.25, 0.3) is 0 Å². The summed E-state index contributed by atoms with van der Waals surface area (Å²) < 4.78 is 1.58. The normalized spacial score (nSPS) is 10.3. The van der Waals surface area contributed by atoms with Gasteiger partial charge in [0.1, 0.15) is 6.20 Å². The van der Waals surface area contributed by atoms with Crippen molar-refractivity contribution in [2.45, 2.75) is 0 Å². The van der Waals surface area contributed by atoms with E-state index in [2.05, 4.69) is 26.8 Å². The van der Waals surface area contributed by atoms with Crippen LogP contribution in [0, 0.1) is 6.20 Å². The first-order chi connectivity index (χ1) is 5.42. The molecule has 2 heterocycles. The van der Waals surface area contributed by atoms with Gasteiger partial charge in [-0.05, 0) is 12.1 Å². The monoisotopic (exact) mass is 148 g/mol. The average Bonchev–Trinajstić information content (AvgIpc) is 2.47. The molecule has 0 saturated carbocycles. The summed E-state index contributed by atoms with van der Waals surface area (Å²) in [6.07, 6.45) is 2.69. The molecule has 0 aliphatic carbocycles. The van der Waals surface area contributed by atoms with Crippen molar-refractivity contribution in [3.05, 3.63) is 18.3 Å². The van der Waals surface area contributed by atoms with E-state index in [-0.39, 0.29) is 0 Å². The number of hydrogen-bond donors (Lipinski definition) is 1. The standard InChI is InChI=1S/C6H6N5/c1-7-6-10-9-5-3-2-4-8-11(5)6/h2-3H,1H3,(H,7,10). The highest BCUT2D eigenvalue weighted by atomic mass is 15.4. The van der Waals surface area contributed by atoms with Gasteiger partial charge in [-0.15, -0.1) is 10.2 Å². The van der Waals surface area contributed by atoms with Gasteiger partial charge in [-0.25, -0.2) is 0 Å². The third kappa shape index (κ3) is 0.813. The molecule has 2 rings (SSSR count). The highest BCUT2D eigenvalue weighted by molar-refractivity contribution is 5.41. The molecule has 0 aromatic carbocycles. The predicted octanol–water partition coefficient (Wildman–Crippen LogP) is -0.0338. The van der Waals surface area contributed by atoms with Crippen molar-refractivity contribution in [3.63, 3.8) is 0 Å². The Hall–Kier alpha value is -1.65. The molecule has 0 bridgehead atoms. The van der Waals surface area contributed by atoms with Crippen molar-refractivity contribution >= 4 is 11.6 Å². The Morgan fingerprint density at radius 1 is 1.55 bits per heavy atom. The summed E-state index contributed by atoms with van der Waals surface area (Å²) in [5.41, 5.74) is 0.716. The van der Waals surface area contributed by atoms with E-state index in [9.17, 15) is 0 Å². The summed E-state index contributed by atoms with van der Waals surface area (Å²) in [6, 6.07) is 3.49. The molecule has 5 heteroatoms. The Morgan fingerprint density at radius 3 is 3.27 bits per heavy atom. The largest absolute Gasteiger partial charge is 0.356 e. The molecule has 0 aliphatic rings. The Morgan fingerprint density at radius 2 is 2.45 bits per heavy atom. The molecule has 1 N–H and O–H groups in total. The van der Waals surface area contributed by atoms with Gasteiger partial charge >= 0.3 is 0 Å². The van der Waals surface area contributed by atoms with Crippen LogP contribution in [0.4, 0.5) is 5.95 Å². The Balaban J connectivity index is 2.76. The van der Waals surface area contributed by atoms with Crippen molar-refractivity contribution in [2.75, 3.05) is 12.4 Å². The predicted molar refractivity (Wildman–Crippen MR) is 39.2 cm³/mol. The maximum absolute atomic E-state index is 3.92. The van der Waals surface area contributed by atoms with Gasteiger partial charge in [0.05, 0.1) is 0 Å². The van der Waals surface area contributed by atoms with Crippen LogP contribution in [0.2, 0.25) is 0 Å². The zero-order valence-electron chi connectivity index (χ0n) is 5.94. The lowest BCUT2D eigenvalue weighted by Crippen LogP contribution is -1.97. The molecule has 0 amide bonds. The highest BCUT2D eigenvalue weighted by Crippen LogP contribution is 2.02. The minimum Gasteiger partial charge on any atom is -0.356 e. The van der Waals surface area contributed by atoms with Crippen molar-refractivity contribution in [2.24, 2.45) is 0 Å². The fraction of sp³-hybridized carbons (Fsp3) is 0.167. The zero-order valence-corrected chi connectivity index (χ0v) is 5.94. The molecule has 0 aliphatic heterocycles. The van der Waals surface area contributed by atoms with Crippen LogP contribution >= 0.6 is 0 Å². The van der Waals surface area contributed by atoms with Crippen LogP contribution in [0.1, 0.15) is 0 Å². The second-order valence-corrected chi connectivity index (χ2v) is 2.01. The van der Waals surface area contributed by atoms with Crippen LogP contribution in [-0.4, -0.2) is 26.9 Å². The first kappa shape index (κ1) is 6.09. The van der Waals surface area contributed by atoms with Gasteiger partial charge in [-0.2, -0.15) is 9.61 Å². The van der Waals surface area contributed by atoms with Crippen molar-refractivity contribution in [1.82, 2.24) is 19.8 Å². The van der Waals surface area contributed by atoms with Crippen molar-refractivity contribution in [3.8, 4) is 0 Å². The summed E-state index contributed by atoms with van der Waals surface area (Å²) in [4.78, 5) is 0. The van der Waals surface area contributed by atoms with Crippen LogP contribution < -0.4 is 5.32 Å². The Kier molecular flexibility index (Phi) is 1.21. The minimum absolute atomic E-state index is 0.622. The molecular weight excluding hydrogens is 142 g/mol. The number of hydrogen-bond acceptors (Lipinski definition) is 4. The summed E-state index contributed by atoms with van der Waals surface area (Å²) in [5, 5.41) is 14.5. The second kappa shape index (κ2) is 2.19. The number of rotatable bonds is 1. The maximum atomic E-state index is 3.92. The molecule has 0 saturated heterocycles. The van der Waals surface area contributed by atoms with Gasteiger partial charge in [0, 0.05) is 7.05 Å². The third-order valence-electron chi connectivity index (χ3n) is 1.35. The minimum atomic E-state index is 0.622. The summed E-state index contributed by atoms with van der Waals surface area (Å²) in [6.45, 7) is 0. The SMILES string of the molecule is CNc1nnc2cc[c]nn12. The zero-order chi connectivity index (χ0) is 7.68. The van der Waals surface area contributed by atoms with Crippen LogP contribution in [0.25, 0.3) is 5.65 Å². The van der Waals surface area contributed by atoms with E-state index in [1.54, 1.807) is 23.7 Å². The lowest BCUT2D eigenvalue weighted by molar-refractivity contribution is 0.925. The molecule has 0 fully saturated rings. The first-order valence-electron chi connectivity index (χ1n) is 3.18. The molecule has 55 valence electrons. The maximum Gasteiger partial charge on any atom is 0.245 e. The van der Waals surface area contributed by atoms with Crippen LogP contribution in [0.5, 0.6) is 0 Å². The van der Waals surface area contributed by atoms with Gasteiger partial charge in [-0.3, -0.25) is 0 Å². The molecule has 1 radical (unpaired) electrons. The Labute approximate surface area is 63.1 Å². The number of nitrogens with one attached hydrogen (secondary N) is 1. The van der Waals surface area contributed by atoms with Crippen molar-refractivity contribution < 1.29 is 0 Å². The van der Waals surface area contributed by atoms with E-state index < -0.39 is 0 Å². The molecule has 5 nitrogen and oxygen atoms in total. The van der Waals surface area contributed by atoms with Gasteiger partial charge in [0.15, 0.2) is 5.65 Å². The smallest absolute Gasteiger partial charge is 0.245 e. The van der Waals surface area contributed by atoms with Gasteiger partial charge in [-0.1, -0.05) is 0 Å². The number of aromatic nitrogens is 4. The topological polar surface area (TPSA) is 55.1 Å². The van der Waals surface area contributed by atoms with E-state index >= 15 is 0 Å². The Bertz CT molecular complexity index is 366.